The van der Waals surface area contributed by atoms with E-state index in [0.29, 0.717) is 71.4 Å². The highest BCUT2D eigenvalue weighted by Gasteiger charge is 2.43. The van der Waals surface area contributed by atoms with E-state index in [4.69, 9.17) is 4.98 Å². The molecule has 6 rings (SSSR count). The Morgan fingerprint density at radius 1 is 0.966 bits per heavy atom. The van der Waals surface area contributed by atoms with Crippen LogP contribution in [0, 0.1) is 28.9 Å². The summed E-state index contributed by atoms with van der Waals surface area (Å²) in [5.41, 5.74) is 2.11. The van der Waals surface area contributed by atoms with E-state index in [1.165, 1.54) is 24.3 Å². The van der Waals surface area contributed by atoms with Crippen molar-refractivity contribution < 1.29 is 32.3 Å². The molecule has 0 spiro atoms. The number of amides is 3. The van der Waals surface area contributed by atoms with Crippen LogP contribution in [0.1, 0.15) is 92.6 Å². The molecule has 11 nitrogen and oxygen atoms in total. The van der Waals surface area contributed by atoms with Gasteiger partial charge in [-0.2, -0.15) is 0 Å². The minimum atomic E-state index is -1.29. The van der Waals surface area contributed by atoms with Crippen LogP contribution in [-0.4, -0.2) is 98.3 Å². The predicted molar refractivity (Wildman–Crippen MR) is 223 cm³/mol. The Balaban J connectivity index is 1.40. The molecule has 0 bridgehead atoms. The fraction of sp³-hybridized carbons (Fsp3) is 0.578. The number of hydrogen-bond acceptors (Lipinski definition) is 6. The predicted octanol–water partition coefficient (Wildman–Crippen LogP) is 7.11. The van der Waals surface area contributed by atoms with E-state index in [2.05, 4.69) is 15.6 Å². The highest BCUT2D eigenvalue weighted by Crippen LogP contribution is 2.39. The van der Waals surface area contributed by atoms with E-state index in [9.17, 15) is 28.0 Å². The lowest BCUT2D eigenvalue weighted by Gasteiger charge is -2.35. The number of H-pyrrole nitrogens is 1. The molecular weight excluding hydrogens is 760 g/mol. The Bertz CT molecular complexity index is 2190. The number of hydrogen-bond donors (Lipinski definition) is 3. The Morgan fingerprint density at radius 2 is 1.68 bits per heavy atom. The van der Waals surface area contributed by atoms with Crippen molar-refractivity contribution in [3.63, 3.8) is 0 Å². The van der Waals surface area contributed by atoms with Gasteiger partial charge in [0, 0.05) is 66.8 Å². The highest BCUT2D eigenvalue weighted by atomic mass is 19.1. The number of aromatic nitrogens is 3. The van der Waals surface area contributed by atoms with Gasteiger partial charge in [0.15, 0.2) is 5.82 Å². The van der Waals surface area contributed by atoms with Gasteiger partial charge in [-0.05, 0) is 87.4 Å². The van der Waals surface area contributed by atoms with Crippen LogP contribution >= 0.6 is 0 Å². The molecule has 2 aromatic heterocycles. The van der Waals surface area contributed by atoms with Crippen molar-refractivity contribution in [3.05, 3.63) is 53.6 Å². The third-order valence-corrected chi connectivity index (χ3v) is 12.7. The number of halogens is 3. The molecule has 3 N–H and O–H groups in total. The van der Waals surface area contributed by atoms with Crippen LogP contribution in [0.2, 0.25) is 0 Å². The molecule has 2 aliphatic rings. The van der Waals surface area contributed by atoms with Gasteiger partial charge in [-0.25, -0.2) is 18.2 Å². The van der Waals surface area contributed by atoms with Crippen LogP contribution < -0.4 is 10.6 Å². The monoisotopic (exact) mass is 819 g/mol. The molecule has 2 aliphatic heterocycles. The topological polar surface area (TPSA) is 132 Å². The number of carbonyl (C=O) groups is 4. The second kappa shape index (κ2) is 17.9. The molecule has 0 unspecified atom stereocenters. The number of nitrogens with zero attached hydrogens (tertiary/aromatic N) is 4. The summed E-state index contributed by atoms with van der Waals surface area (Å²) < 4.78 is 47.1. The maximum atomic E-state index is 15.6. The summed E-state index contributed by atoms with van der Waals surface area (Å²) in [5.74, 6) is -2.14. The molecule has 14 heteroatoms. The molecular formula is C45H60F3N7O4. The van der Waals surface area contributed by atoms with Gasteiger partial charge in [-0.3, -0.25) is 19.2 Å². The van der Waals surface area contributed by atoms with Gasteiger partial charge in [0.05, 0.1) is 29.3 Å². The first-order chi connectivity index (χ1) is 27.9. The standard InChI is InChI=1S/C45H60F3N7O4/c1-9-25(3)42(57)52-35(10-2)44(59)53-17-11-12-30(53)24-55-38-16-14-28(47)20-37(38)51-41(55)40-33(32-15-13-27(46)19-36(32)50-40)21-31-18-29(48)23-54(31)43(58)34(45(5,6)7)22-39(56)26(4)49-8/h13-16,19-20,25-26,29-31,34-35,49-50H,9-12,17-18,21-24H2,1-8H3,(H,52,57)/t25-,26+,29+,30+,31+,34-,35+/m1/s1. The van der Waals surface area contributed by atoms with Gasteiger partial charge in [0.1, 0.15) is 29.6 Å². The molecule has 0 aliphatic carbocycles. The molecule has 2 fully saturated rings. The van der Waals surface area contributed by atoms with Crippen LogP contribution in [-0.2, 0) is 32.1 Å². The number of benzene rings is 2. The Morgan fingerprint density at radius 3 is 2.36 bits per heavy atom. The van der Waals surface area contributed by atoms with Crippen molar-refractivity contribution in [2.75, 3.05) is 20.1 Å². The number of ketones is 1. The van der Waals surface area contributed by atoms with E-state index in [-0.39, 0.29) is 61.3 Å². The second-order valence-electron chi connectivity index (χ2n) is 17.7. The molecule has 0 radical (unpaired) electrons. The van der Waals surface area contributed by atoms with Crippen molar-refractivity contribution in [1.29, 1.82) is 0 Å². The Kier molecular flexibility index (Phi) is 13.3. The smallest absolute Gasteiger partial charge is 0.245 e. The van der Waals surface area contributed by atoms with Gasteiger partial charge < -0.3 is 30.0 Å². The summed E-state index contributed by atoms with van der Waals surface area (Å²) in [5, 5.41) is 6.58. The molecule has 7 atom stereocenters. The lowest BCUT2D eigenvalue weighted by Crippen LogP contribution is -2.51. The fourth-order valence-electron chi connectivity index (χ4n) is 8.74. The van der Waals surface area contributed by atoms with Crippen LogP contribution in [0.25, 0.3) is 33.5 Å². The molecule has 59 heavy (non-hydrogen) atoms. The number of likely N-dealkylation sites (N-methyl/N-ethyl adjacent to an activating group) is 1. The van der Waals surface area contributed by atoms with Crippen LogP contribution in [0.4, 0.5) is 13.2 Å². The average molecular weight is 820 g/mol. The second-order valence-corrected chi connectivity index (χ2v) is 17.7. The SMILES string of the molecule is CC[C@@H](C)C(=O)N[C@@H](CC)C(=O)N1CCC[C@H]1Cn1c(-c2[nH]c3cc(F)ccc3c2C[C@@H]2C[C@H](F)CN2C(=O)[C@@H](CC(=O)[C@H](C)NC)C(C)(C)C)nc2cc(F)ccc21. The highest BCUT2D eigenvalue weighted by molar-refractivity contribution is 5.93. The maximum Gasteiger partial charge on any atom is 0.245 e. The van der Waals surface area contributed by atoms with Crippen molar-refractivity contribution >= 4 is 45.4 Å². The van der Waals surface area contributed by atoms with Gasteiger partial charge in [-0.15, -0.1) is 0 Å². The zero-order valence-corrected chi connectivity index (χ0v) is 35.6. The zero-order valence-electron chi connectivity index (χ0n) is 35.6. The number of alkyl halides is 1. The first-order valence-corrected chi connectivity index (χ1v) is 21.2. The average Bonchev–Trinajstić information content (AvgIpc) is 3.98. The number of rotatable bonds is 15. The van der Waals surface area contributed by atoms with E-state index >= 15 is 4.39 Å². The number of fused-ring (bicyclic) bond motifs is 2. The number of imidazole rings is 1. The van der Waals surface area contributed by atoms with Crippen LogP contribution in [0.5, 0.6) is 0 Å². The third kappa shape index (κ3) is 9.22. The van der Waals surface area contributed by atoms with Crippen LogP contribution in [0.15, 0.2) is 36.4 Å². The summed E-state index contributed by atoms with van der Waals surface area (Å²) in [6.45, 7) is 13.8. The van der Waals surface area contributed by atoms with E-state index in [0.717, 1.165) is 6.42 Å². The van der Waals surface area contributed by atoms with Crippen molar-refractivity contribution in [1.82, 2.24) is 35.0 Å². The van der Waals surface area contributed by atoms with Gasteiger partial charge in [0.2, 0.25) is 17.7 Å². The van der Waals surface area contributed by atoms with Crippen molar-refractivity contribution in [2.45, 2.75) is 130 Å². The summed E-state index contributed by atoms with van der Waals surface area (Å²) >= 11 is 0. The van der Waals surface area contributed by atoms with E-state index in [1.54, 1.807) is 31.0 Å². The van der Waals surface area contributed by atoms with Crippen molar-refractivity contribution in [3.8, 4) is 11.5 Å². The Labute approximate surface area is 344 Å². The number of nitrogens with one attached hydrogen (secondary N) is 3. The summed E-state index contributed by atoms with van der Waals surface area (Å²) in [6, 6.07) is 6.76. The van der Waals surface area contributed by atoms with Gasteiger partial charge in [0.25, 0.3) is 0 Å². The quantitative estimate of drug-likeness (QED) is 0.117. The Hall–Kier alpha value is -4.72. The summed E-state index contributed by atoms with van der Waals surface area (Å²) in [4.78, 5) is 66.3. The number of Topliss-reactive ketones (excluding diaryl/α,β-unsaturated/α-hetero) is 1. The summed E-state index contributed by atoms with van der Waals surface area (Å²) in [6.07, 6.45) is 1.52. The van der Waals surface area contributed by atoms with E-state index in [1.807, 2.05) is 51.0 Å². The molecule has 3 amide bonds. The molecule has 0 saturated carbocycles. The van der Waals surface area contributed by atoms with Gasteiger partial charge >= 0.3 is 0 Å². The largest absolute Gasteiger partial charge is 0.352 e. The minimum absolute atomic E-state index is 0.00658. The lowest BCUT2D eigenvalue weighted by molar-refractivity contribution is -0.143. The molecule has 2 aromatic carbocycles. The third-order valence-electron chi connectivity index (χ3n) is 12.7. The number of likely N-dealkylation sites (tertiary alicyclic amines) is 2. The lowest BCUT2D eigenvalue weighted by atomic mass is 9.76. The van der Waals surface area contributed by atoms with Crippen LogP contribution in [0.3, 0.4) is 0 Å². The molecule has 320 valence electrons. The fourth-order valence-corrected chi connectivity index (χ4v) is 8.74. The molecule has 2 saturated heterocycles. The van der Waals surface area contributed by atoms with Gasteiger partial charge in [-0.1, -0.05) is 41.5 Å². The first kappa shape index (κ1) is 43.8. The normalized spacial score (nSPS) is 20.6. The first-order valence-electron chi connectivity index (χ1n) is 21.2. The number of carbonyl (C=O) groups excluding carboxylic acids is 4. The maximum absolute atomic E-state index is 15.6. The summed E-state index contributed by atoms with van der Waals surface area (Å²) in [7, 11) is 1.69. The van der Waals surface area contributed by atoms with Crippen molar-refractivity contribution in [2.24, 2.45) is 17.3 Å². The van der Waals surface area contributed by atoms with E-state index < -0.39 is 47.3 Å². The zero-order chi connectivity index (χ0) is 42.9. The molecule has 4 aromatic rings. The number of aromatic amines is 1. The minimum Gasteiger partial charge on any atom is -0.352 e. The molecule has 4 heterocycles.